The lowest BCUT2D eigenvalue weighted by atomic mass is 10.1. The molecule has 2 amide bonds. The van der Waals surface area contributed by atoms with E-state index in [0.29, 0.717) is 11.1 Å². The van der Waals surface area contributed by atoms with Crippen LogP contribution in [0.1, 0.15) is 21.5 Å². The number of amides is 2. The number of carbonyl (C=O) groups is 2. The van der Waals surface area contributed by atoms with Gasteiger partial charge in [0, 0.05) is 5.56 Å². The fraction of sp³-hybridized carbons (Fsp3) is 0. The van der Waals surface area contributed by atoms with Crippen LogP contribution in [0.15, 0.2) is 89.7 Å². The molecule has 7 heteroatoms. The largest absolute Gasteiger partial charge is 0.504 e. The van der Waals surface area contributed by atoms with Crippen LogP contribution in [-0.4, -0.2) is 28.2 Å². The second-order valence-corrected chi connectivity index (χ2v) is 6.24. The van der Waals surface area contributed by atoms with Crippen LogP contribution in [0.3, 0.4) is 0 Å². The Balaban J connectivity index is 1.77. The molecule has 4 N–H and O–H groups in total. The topological polar surface area (TPSA) is 111 Å². The van der Waals surface area contributed by atoms with Crippen LogP contribution in [0.5, 0.6) is 11.5 Å². The van der Waals surface area contributed by atoms with Gasteiger partial charge in [0.25, 0.3) is 11.8 Å². The van der Waals surface area contributed by atoms with Crippen LogP contribution in [0.2, 0.25) is 0 Å². The molecule has 0 aliphatic carbocycles. The fourth-order valence-corrected chi connectivity index (χ4v) is 2.50. The number of nitrogens with zero attached hydrogens (tertiary/aromatic N) is 1. The van der Waals surface area contributed by atoms with Crippen molar-refractivity contribution in [2.75, 3.05) is 0 Å². The Hall–Kier alpha value is -4.39. The highest BCUT2D eigenvalue weighted by molar-refractivity contribution is 6.05. The number of benzene rings is 3. The van der Waals surface area contributed by atoms with Crippen molar-refractivity contribution < 1.29 is 19.8 Å². The van der Waals surface area contributed by atoms with Crippen LogP contribution < -0.4 is 10.7 Å². The van der Waals surface area contributed by atoms with Gasteiger partial charge in [-0.1, -0.05) is 48.5 Å². The third-order valence-corrected chi connectivity index (χ3v) is 4.02. The molecule has 0 saturated carbocycles. The number of phenols is 2. The summed E-state index contributed by atoms with van der Waals surface area (Å²) in [6, 6.07) is 21.7. The third kappa shape index (κ3) is 5.56. The minimum atomic E-state index is -0.623. The number of hydrogen-bond acceptors (Lipinski definition) is 5. The van der Waals surface area contributed by atoms with Crippen LogP contribution in [0, 0.1) is 0 Å². The highest BCUT2D eigenvalue weighted by atomic mass is 16.3. The Morgan fingerprint density at radius 2 is 1.47 bits per heavy atom. The number of aromatic hydroxyl groups is 2. The van der Waals surface area contributed by atoms with E-state index < -0.39 is 11.8 Å². The Labute approximate surface area is 173 Å². The SMILES string of the molecule is O=C(NN=Cc1ccc(O)c(O)c1)/C(=C\c1ccccc1)NC(=O)c1ccccc1. The Morgan fingerprint density at radius 1 is 0.800 bits per heavy atom. The first kappa shape index (κ1) is 20.3. The summed E-state index contributed by atoms with van der Waals surface area (Å²) in [6.45, 7) is 0. The molecule has 0 atom stereocenters. The number of hydrogen-bond donors (Lipinski definition) is 4. The second-order valence-electron chi connectivity index (χ2n) is 6.24. The van der Waals surface area contributed by atoms with Crippen molar-refractivity contribution in [1.29, 1.82) is 0 Å². The molecule has 0 radical (unpaired) electrons. The van der Waals surface area contributed by atoms with Crippen molar-refractivity contribution in [1.82, 2.24) is 10.7 Å². The summed E-state index contributed by atoms with van der Waals surface area (Å²) < 4.78 is 0. The van der Waals surface area contributed by atoms with E-state index in [2.05, 4.69) is 15.8 Å². The zero-order valence-corrected chi connectivity index (χ0v) is 15.8. The summed E-state index contributed by atoms with van der Waals surface area (Å²) >= 11 is 0. The van der Waals surface area contributed by atoms with E-state index in [1.54, 1.807) is 42.5 Å². The minimum absolute atomic E-state index is 0.0146. The summed E-state index contributed by atoms with van der Waals surface area (Å²) in [5.41, 5.74) is 3.96. The first-order valence-electron chi connectivity index (χ1n) is 9.01. The monoisotopic (exact) mass is 401 g/mol. The average Bonchev–Trinajstić information content (AvgIpc) is 2.77. The summed E-state index contributed by atoms with van der Waals surface area (Å²) in [5.74, 6) is -1.61. The number of carbonyl (C=O) groups excluding carboxylic acids is 2. The first-order chi connectivity index (χ1) is 14.5. The molecule has 0 aliphatic heterocycles. The maximum atomic E-state index is 12.6. The van der Waals surface area contributed by atoms with Crippen molar-refractivity contribution in [3.8, 4) is 11.5 Å². The zero-order chi connectivity index (χ0) is 21.3. The quantitative estimate of drug-likeness (QED) is 0.220. The minimum Gasteiger partial charge on any atom is -0.504 e. The molecule has 0 fully saturated rings. The van der Waals surface area contributed by atoms with Gasteiger partial charge in [0.15, 0.2) is 11.5 Å². The van der Waals surface area contributed by atoms with Gasteiger partial charge in [0.1, 0.15) is 5.70 Å². The predicted molar refractivity (Wildman–Crippen MR) is 114 cm³/mol. The lowest BCUT2D eigenvalue weighted by molar-refractivity contribution is -0.117. The number of rotatable bonds is 6. The van der Waals surface area contributed by atoms with E-state index in [-0.39, 0.29) is 17.2 Å². The van der Waals surface area contributed by atoms with Crippen molar-refractivity contribution >= 4 is 24.1 Å². The molecule has 0 unspecified atom stereocenters. The summed E-state index contributed by atoms with van der Waals surface area (Å²) in [4.78, 5) is 25.1. The maximum absolute atomic E-state index is 12.6. The Kier molecular flexibility index (Phi) is 6.58. The summed E-state index contributed by atoms with van der Waals surface area (Å²) in [6.07, 6.45) is 2.84. The standard InChI is InChI=1S/C23H19N3O4/c27-20-12-11-17(14-21(20)28)15-24-26-23(30)19(13-16-7-3-1-4-8-16)25-22(29)18-9-5-2-6-10-18/h1-15,27-28H,(H,25,29)(H,26,30)/b19-13+,24-15?. The maximum Gasteiger partial charge on any atom is 0.287 e. The lowest BCUT2D eigenvalue weighted by Gasteiger charge is -2.09. The van der Waals surface area contributed by atoms with Gasteiger partial charge in [-0.2, -0.15) is 5.10 Å². The van der Waals surface area contributed by atoms with E-state index >= 15 is 0 Å². The number of phenolic OH excluding ortho intramolecular Hbond substituents is 2. The lowest BCUT2D eigenvalue weighted by Crippen LogP contribution is -2.32. The van der Waals surface area contributed by atoms with E-state index in [9.17, 15) is 19.8 Å². The van der Waals surface area contributed by atoms with Gasteiger partial charge in [-0.15, -0.1) is 0 Å². The third-order valence-electron chi connectivity index (χ3n) is 4.02. The van der Waals surface area contributed by atoms with Crippen LogP contribution >= 0.6 is 0 Å². The smallest absolute Gasteiger partial charge is 0.287 e. The van der Waals surface area contributed by atoms with E-state index in [0.717, 1.165) is 5.56 Å². The van der Waals surface area contributed by atoms with Gasteiger partial charge in [-0.05, 0) is 47.5 Å². The molecule has 30 heavy (non-hydrogen) atoms. The van der Waals surface area contributed by atoms with E-state index in [4.69, 9.17) is 0 Å². The van der Waals surface area contributed by atoms with Gasteiger partial charge in [0.05, 0.1) is 6.21 Å². The highest BCUT2D eigenvalue weighted by Gasteiger charge is 2.14. The molecule has 3 aromatic rings. The van der Waals surface area contributed by atoms with Crippen LogP contribution in [0.25, 0.3) is 6.08 Å². The molecular weight excluding hydrogens is 382 g/mol. The van der Waals surface area contributed by atoms with Gasteiger partial charge < -0.3 is 15.5 Å². The molecule has 0 spiro atoms. The highest BCUT2D eigenvalue weighted by Crippen LogP contribution is 2.23. The molecule has 7 nitrogen and oxygen atoms in total. The normalized spacial score (nSPS) is 11.3. The van der Waals surface area contributed by atoms with Gasteiger partial charge in [-0.25, -0.2) is 5.43 Å². The van der Waals surface area contributed by atoms with Gasteiger partial charge in [-0.3, -0.25) is 9.59 Å². The molecule has 0 aliphatic rings. The Morgan fingerprint density at radius 3 is 2.13 bits per heavy atom. The van der Waals surface area contributed by atoms with Gasteiger partial charge in [0.2, 0.25) is 0 Å². The molecular formula is C23H19N3O4. The zero-order valence-electron chi connectivity index (χ0n) is 15.8. The first-order valence-corrected chi connectivity index (χ1v) is 9.01. The number of hydrazone groups is 1. The Bertz CT molecular complexity index is 1090. The molecule has 0 heterocycles. The number of nitrogens with one attached hydrogen (secondary N) is 2. The predicted octanol–water partition coefficient (Wildman–Crippen LogP) is 3.02. The second kappa shape index (κ2) is 9.70. The molecule has 3 aromatic carbocycles. The molecule has 0 aromatic heterocycles. The van der Waals surface area contributed by atoms with Crippen molar-refractivity contribution in [2.45, 2.75) is 0 Å². The molecule has 150 valence electrons. The summed E-state index contributed by atoms with van der Waals surface area (Å²) in [7, 11) is 0. The molecule has 0 saturated heterocycles. The fourth-order valence-electron chi connectivity index (χ4n) is 2.50. The summed E-state index contributed by atoms with van der Waals surface area (Å²) in [5, 5.41) is 25.3. The van der Waals surface area contributed by atoms with E-state index in [1.165, 1.54) is 30.5 Å². The van der Waals surface area contributed by atoms with Crippen molar-refractivity contribution in [3.05, 3.63) is 101 Å². The average molecular weight is 401 g/mol. The van der Waals surface area contributed by atoms with Crippen LogP contribution in [-0.2, 0) is 4.79 Å². The van der Waals surface area contributed by atoms with Gasteiger partial charge >= 0.3 is 0 Å². The molecule has 3 rings (SSSR count). The van der Waals surface area contributed by atoms with Crippen molar-refractivity contribution in [2.24, 2.45) is 5.10 Å². The van der Waals surface area contributed by atoms with Crippen molar-refractivity contribution in [3.63, 3.8) is 0 Å². The van der Waals surface area contributed by atoms with Crippen LogP contribution in [0.4, 0.5) is 0 Å². The molecule has 0 bridgehead atoms. The van der Waals surface area contributed by atoms with E-state index in [1.807, 2.05) is 18.2 Å².